The number of hydrogen-bond donors (Lipinski definition) is 0. The van der Waals surface area contributed by atoms with Crippen LogP contribution in [0.25, 0.3) is 0 Å². The van der Waals surface area contributed by atoms with E-state index in [1.54, 1.807) is 0 Å². The monoisotopic (exact) mass is 332 g/mol. The minimum atomic E-state index is -0.476. The van der Waals surface area contributed by atoms with E-state index < -0.39 is 5.41 Å². The molecule has 0 N–H and O–H groups in total. The van der Waals surface area contributed by atoms with Gasteiger partial charge in [-0.1, -0.05) is 38.2 Å². The van der Waals surface area contributed by atoms with E-state index in [0.29, 0.717) is 11.8 Å². The van der Waals surface area contributed by atoms with Crippen LogP contribution in [0.1, 0.15) is 53.9 Å². The number of carbonyl (C=O) groups is 2. The summed E-state index contributed by atoms with van der Waals surface area (Å²) >= 11 is 0. The van der Waals surface area contributed by atoms with Crippen LogP contribution in [-0.4, -0.2) is 18.4 Å². The Labute approximate surface area is 146 Å². The van der Waals surface area contributed by atoms with Gasteiger partial charge in [-0.15, -0.1) is 0 Å². The predicted molar refractivity (Wildman–Crippen MR) is 96.3 cm³/mol. The van der Waals surface area contributed by atoms with Crippen molar-refractivity contribution in [2.75, 3.05) is 0 Å². The summed E-state index contributed by atoms with van der Waals surface area (Å²) in [5, 5.41) is 0. The van der Waals surface area contributed by atoms with E-state index in [1.807, 2.05) is 27.7 Å². The van der Waals surface area contributed by atoms with Crippen molar-refractivity contribution in [1.82, 2.24) is 0 Å². The number of carbonyl (C=O) groups excluding carboxylic acids is 2. The molecule has 0 radical (unpaired) electrons. The van der Waals surface area contributed by atoms with Gasteiger partial charge in [-0.3, -0.25) is 4.79 Å². The first-order chi connectivity index (χ1) is 11.3. The fourth-order valence-electron chi connectivity index (χ4n) is 4.08. The average molecular weight is 332 g/mol. The van der Waals surface area contributed by atoms with Crippen LogP contribution in [0.5, 0.6) is 0 Å². The number of fused-ring (bicyclic) bond motifs is 1. The third-order valence-corrected chi connectivity index (χ3v) is 6.06. The Kier molecular flexibility index (Phi) is 6.06. The first-order valence-corrected chi connectivity index (χ1v) is 9.31. The number of esters is 1. The van der Waals surface area contributed by atoms with E-state index in [4.69, 9.17) is 4.74 Å². The zero-order valence-corrected chi connectivity index (χ0v) is 15.7. The lowest BCUT2D eigenvalue weighted by atomic mass is 9.62. The van der Waals surface area contributed by atoms with Crippen LogP contribution in [0.2, 0.25) is 0 Å². The molecule has 0 heterocycles. The molecule has 0 amide bonds. The summed E-state index contributed by atoms with van der Waals surface area (Å²) in [6.45, 7) is 9.98. The highest BCUT2D eigenvalue weighted by Crippen LogP contribution is 2.46. The standard InChI is InChI=1S/C21H32O3/c1-6-8-15-11-16-10-9-14(3)17(13-22)19(16)18(12-15)24-20(23)21(4,5)7-2/h6,8-10,13-19H,7,11-12H2,1-5H3/b8-6+/t14-,15-,16?,17-,18-,19?/m0/s1. The maximum atomic E-state index is 12.6. The summed E-state index contributed by atoms with van der Waals surface area (Å²) in [7, 11) is 0. The predicted octanol–water partition coefficient (Wildman–Crippen LogP) is 4.57. The number of allylic oxidation sites excluding steroid dienone is 4. The molecule has 0 aromatic carbocycles. The van der Waals surface area contributed by atoms with Gasteiger partial charge in [-0.25, -0.2) is 0 Å². The maximum Gasteiger partial charge on any atom is 0.311 e. The summed E-state index contributed by atoms with van der Waals surface area (Å²) in [4.78, 5) is 24.4. The van der Waals surface area contributed by atoms with Gasteiger partial charge < -0.3 is 9.53 Å². The summed E-state index contributed by atoms with van der Waals surface area (Å²) in [6.07, 6.45) is 12.2. The fraction of sp³-hybridized carbons (Fsp3) is 0.714. The van der Waals surface area contributed by atoms with Crippen LogP contribution < -0.4 is 0 Å². The van der Waals surface area contributed by atoms with Crippen molar-refractivity contribution in [2.24, 2.45) is 35.0 Å². The lowest BCUT2D eigenvalue weighted by molar-refractivity contribution is -0.169. The van der Waals surface area contributed by atoms with Gasteiger partial charge in [0.15, 0.2) is 0 Å². The van der Waals surface area contributed by atoms with Gasteiger partial charge in [-0.2, -0.15) is 0 Å². The molecule has 6 atom stereocenters. The van der Waals surface area contributed by atoms with Crippen molar-refractivity contribution in [3.8, 4) is 0 Å². The lowest BCUT2D eigenvalue weighted by Gasteiger charge is -2.46. The smallest absolute Gasteiger partial charge is 0.311 e. The van der Waals surface area contributed by atoms with Crippen LogP contribution in [0, 0.1) is 35.0 Å². The Morgan fingerprint density at radius 2 is 2.00 bits per heavy atom. The first kappa shape index (κ1) is 19.0. The summed E-state index contributed by atoms with van der Waals surface area (Å²) < 4.78 is 6.01. The second-order valence-electron chi connectivity index (χ2n) is 8.14. The van der Waals surface area contributed by atoms with Crippen LogP contribution in [0.15, 0.2) is 24.3 Å². The topological polar surface area (TPSA) is 43.4 Å². The summed E-state index contributed by atoms with van der Waals surface area (Å²) in [6, 6.07) is 0. The molecule has 134 valence electrons. The van der Waals surface area contributed by atoms with Crippen molar-refractivity contribution in [3.05, 3.63) is 24.3 Å². The van der Waals surface area contributed by atoms with Crippen molar-refractivity contribution < 1.29 is 14.3 Å². The number of aldehydes is 1. The average Bonchev–Trinajstić information content (AvgIpc) is 2.55. The lowest BCUT2D eigenvalue weighted by Crippen LogP contribution is -2.47. The highest BCUT2D eigenvalue weighted by atomic mass is 16.5. The summed E-state index contributed by atoms with van der Waals surface area (Å²) in [5.41, 5.74) is -0.476. The number of hydrogen-bond acceptors (Lipinski definition) is 3. The maximum absolute atomic E-state index is 12.6. The first-order valence-electron chi connectivity index (χ1n) is 9.31. The second kappa shape index (κ2) is 7.67. The zero-order valence-electron chi connectivity index (χ0n) is 15.7. The molecule has 2 unspecified atom stereocenters. The van der Waals surface area contributed by atoms with E-state index >= 15 is 0 Å². The quantitative estimate of drug-likeness (QED) is 0.421. The highest BCUT2D eigenvalue weighted by molar-refractivity contribution is 5.76. The molecule has 1 fully saturated rings. The molecule has 0 bridgehead atoms. The Morgan fingerprint density at radius 1 is 1.29 bits per heavy atom. The number of ether oxygens (including phenoxy) is 1. The van der Waals surface area contributed by atoms with Gasteiger partial charge >= 0.3 is 5.97 Å². The second-order valence-corrected chi connectivity index (χ2v) is 8.14. The Balaban J connectivity index is 2.28. The van der Waals surface area contributed by atoms with Gasteiger partial charge in [0.05, 0.1) is 5.41 Å². The molecule has 1 saturated carbocycles. The van der Waals surface area contributed by atoms with Crippen LogP contribution >= 0.6 is 0 Å². The Bertz CT molecular complexity index is 517. The van der Waals surface area contributed by atoms with Gasteiger partial charge in [0.1, 0.15) is 12.4 Å². The fourth-order valence-corrected chi connectivity index (χ4v) is 4.08. The van der Waals surface area contributed by atoms with E-state index in [-0.39, 0.29) is 29.8 Å². The molecular weight excluding hydrogens is 300 g/mol. The normalized spacial score (nSPS) is 36.4. The third-order valence-electron chi connectivity index (χ3n) is 6.06. The van der Waals surface area contributed by atoms with Crippen molar-refractivity contribution in [2.45, 2.75) is 60.0 Å². The molecule has 2 aliphatic carbocycles. The van der Waals surface area contributed by atoms with Gasteiger partial charge in [0.2, 0.25) is 0 Å². The minimum Gasteiger partial charge on any atom is -0.462 e. The largest absolute Gasteiger partial charge is 0.462 e. The molecule has 0 saturated heterocycles. The molecule has 0 aliphatic heterocycles. The van der Waals surface area contributed by atoms with E-state index in [9.17, 15) is 9.59 Å². The Morgan fingerprint density at radius 3 is 2.58 bits per heavy atom. The Hall–Kier alpha value is -1.38. The number of rotatable bonds is 5. The van der Waals surface area contributed by atoms with Crippen molar-refractivity contribution >= 4 is 12.3 Å². The molecule has 24 heavy (non-hydrogen) atoms. The third kappa shape index (κ3) is 3.81. The minimum absolute atomic E-state index is 0.0610. The molecule has 2 rings (SSSR count). The molecule has 0 aromatic rings. The van der Waals surface area contributed by atoms with E-state index in [0.717, 1.165) is 25.5 Å². The molecule has 3 nitrogen and oxygen atoms in total. The van der Waals surface area contributed by atoms with Gasteiger partial charge in [0.25, 0.3) is 0 Å². The van der Waals surface area contributed by atoms with E-state index in [1.165, 1.54) is 0 Å². The molecule has 3 heteroatoms. The summed E-state index contributed by atoms with van der Waals surface area (Å²) in [5.74, 6) is 0.844. The van der Waals surface area contributed by atoms with E-state index in [2.05, 4.69) is 31.2 Å². The van der Waals surface area contributed by atoms with Crippen LogP contribution in [0.4, 0.5) is 0 Å². The zero-order chi connectivity index (χ0) is 17.9. The van der Waals surface area contributed by atoms with Crippen LogP contribution in [0.3, 0.4) is 0 Å². The van der Waals surface area contributed by atoms with Gasteiger partial charge in [0, 0.05) is 11.8 Å². The molecular formula is C21H32O3. The van der Waals surface area contributed by atoms with Crippen molar-refractivity contribution in [3.63, 3.8) is 0 Å². The van der Waals surface area contributed by atoms with Crippen molar-refractivity contribution in [1.29, 1.82) is 0 Å². The SMILES string of the molecule is C/C=C/[C@H]1CC2C=C[C@H](C)[C@H](C=O)C2[C@@H](OC(=O)C(C)(C)CC)C1. The molecule has 0 spiro atoms. The molecule has 0 aromatic heterocycles. The van der Waals surface area contributed by atoms with Gasteiger partial charge in [-0.05, 0) is 57.8 Å². The van der Waals surface area contributed by atoms with Crippen LogP contribution in [-0.2, 0) is 14.3 Å². The highest BCUT2D eigenvalue weighted by Gasteiger charge is 2.46. The molecule has 2 aliphatic rings.